The Bertz CT molecular complexity index is 475. The second-order valence-corrected chi connectivity index (χ2v) is 10.0. The molecule has 0 unspecified atom stereocenters. The van der Waals surface area contributed by atoms with Gasteiger partial charge in [-0.2, -0.15) is 0 Å². The van der Waals surface area contributed by atoms with Crippen LogP contribution in [0.2, 0.25) is 0 Å². The fourth-order valence-electron chi connectivity index (χ4n) is 2.83. The molecule has 0 spiro atoms. The zero-order valence-electron chi connectivity index (χ0n) is 17.3. The monoisotopic (exact) mass is 382 g/mol. The normalized spacial score (nSPS) is 12.2. The zero-order chi connectivity index (χ0) is 19.3. The van der Waals surface area contributed by atoms with Gasteiger partial charge in [-0.3, -0.25) is 4.57 Å². The molecule has 0 aliphatic rings. The lowest BCUT2D eigenvalue weighted by atomic mass is 10.1. The molecule has 3 nitrogen and oxygen atoms in total. The van der Waals surface area contributed by atoms with Crippen LogP contribution in [0, 0.1) is 11.8 Å². The van der Waals surface area contributed by atoms with Crippen molar-refractivity contribution in [2.24, 2.45) is 11.8 Å². The second-order valence-electron chi connectivity index (χ2n) is 7.99. The Labute approximate surface area is 161 Å². The van der Waals surface area contributed by atoms with Gasteiger partial charge >= 0.3 is 7.60 Å². The third kappa shape index (κ3) is 10.5. The lowest BCUT2D eigenvalue weighted by Gasteiger charge is -2.19. The summed E-state index contributed by atoms with van der Waals surface area (Å²) in [7, 11) is -3.21. The van der Waals surface area contributed by atoms with Crippen molar-refractivity contribution in [3.05, 3.63) is 30.3 Å². The molecule has 0 N–H and O–H groups in total. The summed E-state index contributed by atoms with van der Waals surface area (Å²) < 4.78 is 24.9. The van der Waals surface area contributed by atoms with Gasteiger partial charge in [0.25, 0.3) is 0 Å². The predicted molar refractivity (Wildman–Crippen MR) is 112 cm³/mol. The van der Waals surface area contributed by atoms with Crippen LogP contribution >= 0.6 is 7.60 Å². The van der Waals surface area contributed by atoms with Crippen LogP contribution in [0.4, 0.5) is 0 Å². The molecule has 0 saturated carbocycles. The Kier molecular flexibility index (Phi) is 12.2. The van der Waals surface area contributed by atoms with Gasteiger partial charge in [-0.25, -0.2) is 0 Å². The van der Waals surface area contributed by atoms with Gasteiger partial charge < -0.3 is 9.05 Å². The number of hydrogen-bond acceptors (Lipinski definition) is 3. The van der Waals surface area contributed by atoms with E-state index in [1.807, 2.05) is 30.3 Å². The van der Waals surface area contributed by atoms with Gasteiger partial charge in [0.15, 0.2) is 0 Å². The molecule has 0 atom stereocenters. The van der Waals surface area contributed by atoms with Crippen molar-refractivity contribution in [3.8, 4) is 0 Å². The minimum atomic E-state index is -3.21. The number of rotatable bonds is 15. The van der Waals surface area contributed by atoms with Crippen molar-refractivity contribution in [1.29, 1.82) is 0 Å². The molecule has 0 heterocycles. The van der Waals surface area contributed by atoms with Gasteiger partial charge in [0, 0.05) is 0 Å². The minimum Gasteiger partial charge on any atom is -0.305 e. The van der Waals surface area contributed by atoms with Gasteiger partial charge in [0.2, 0.25) is 0 Å². The lowest BCUT2D eigenvalue weighted by Crippen LogP contribution is -2.11. The predicted octanol–water partition coefficient (Wildman–Crippen LogP) is 6.97. The third-order valence-corrected chi connectivity index (χ3v) is 6.42. The summed E-state index contributed by atoms with van der Waals surface area (Å²) in [5.74, 6) is 1.48. The highest BCUT2D eigenvalue weighted by Crippen LogP contribution is 2.47. The van der Waals surface area contributed by atoms with Crippen LogP contribution in [0.3, 0.4) is 0 Å². The molecule has 0 amide bonds. The first kappa shape index (κ1) is 23.4. The molecule has 0 fully saturated rings. The van der Waals surface area contributed by atoms with Crippen molar-refractivity contribution in [3.63, 3.8) is 0 Å². The quantitative estimate of drug-likeness (QED) is 0.243. The minimum absolute atomic E-state index is 0.498. The van der Waals surface area contributed by atoms with Crippen molar-refractivity contribution in [1.82, 2.24) is 0 Å². The third-order valence-electron chi connectivity index (χ3n) is 4.45. The number of unbranched alkanes of at least 4 members (excludes halogenated alkanes) is 4. The van der Waals surface area contributed by atoms with E-state index in [-0.39, 0.29) is 0 Å². The molecule has 0 saturated heterocycles. The second kappa shape index (κ2) is 13.5. The highest BCUT2D eigenvalue weighted by molar-refractivity contribution is 7.62. The van der Waals surface area contributed by atoms with E-state index >= 15 is 0 Å². The highest BCUT2D eigenvalue weighted by Gasteiger charge is 2.27. The highest BCUT2D eigenvalue weighted by atomic mass is 31.2. The molecular formula is C22H39O3P. The van der Waals surface area contributed by atoms with Gasteiger partial charge in [-0.1, -0.05) is 84.4 Å². The van der Waals surface area contributed by atoms with Crippen molar-refractivity contribution in [2.75, 3.05) is 13.2 Å². The summed E-state index contributed by atoms with van der Waals surface area (Å²) in [5.41, 5.74) is 0. The van der Waals surface area contributed by atoms with E-state index in [2.05, 4.69) is 27.7 Å². The van der Waals surface area contributed by atoms with Crippen LogP contribution in [0.25, 0.3) is 0 Å². The molecular weight excluding hydrogens is 343 g/mol. The van der Waals surface area contributed by atoms with Gasteiger partial charge in [-0.05, 0) is 36.8 Å². The lowest BCUT2D eigenvalue weighted by molar-refractivity contribution is 0.205. The van der Waals surface area contributed by atoms with E-state index in [0.29, 0.717) is 18.5 Å². The maximum absolute atomic E-state index is 13.3. The molecule has 1 rings (SSSR count). The summed E-state index contributed by atoms with van der Waals surface area (Å²) in [5, 5.41) is 0.671. The Morgan fingerprint density at radius 2 is 1.19 bits per heavy atom. The smallest absolute Gasteiger partial charge is 0.305 e. The first-order valence-corrected chi connectivity index (χ1v) is 11.9. The SMILES string of the molecule is CC(C)CCCCCOP(=O)(OCCCCCC(C)C)c1ccccc1. The largest absolute Gasteiger partial charge is 0.361 e. The van der Waals surface area contributed by atoms with E-state index in [9.17, 15) is 4.57 Å². The molecule has 26 heavy (non-hydrogen) atoms. The first-order chi connectivity index (χ1) is 12.4. The van der Waals surface area contributed by atoms with Gasteiger partial charge in [0.1, 0.15) is 0 Å². The Hall–Kier alpha value is -0.630. The molecule has 0 radical (unpaired) electrons. The average molecular weight is 383 g/mol. The standard InChI is InChI=1S/C22H39O3P/c1-20(2)14-8-6-12-18-24-26(23,22-16-10-5-11-17-22)25-19-13-7-9-15-21(3)4/h5,10-11,16-17,20-21H,6-9,12-15,18-19H2,1-4H3. The summed E-state index contributed by atoms with van der Waals surface area (Å²) in [6.07, 6.45) is 8.97. The van der Waals surface area contributed by atoms with E-state index in [1.165, 1.54) is 25.7 Å². The summed E-state index contributed by atoms with van der Waals surface area (Å²) in [6, 6.07) is 9.39. The van der Waals surface area contributed by atoms with Crippen molar-refractivity contribution in [2.45, 2.75) is 79.1 Å². The zero-order valence-corrected chi connectivity index (χ0v) is 18.2. The maximum atomic E-state index is 13.3. The molecule has 0 aromatic heterocycles. The van der Waals surface area contributed by atoms with E-state index in [0.717, 1.165) is 37.5 Å². The van der Waals surface area contributed by atoms with Crippen molar-refractivity contribution >= 4 is 12.9 Å². The molecule has 1 aromatic rings. The molecule has 1 aromatic carbocycles. The molecule has 0 aliphatic heterocycles. The maximum Gasteiger partial charge on any atom is 0.361 e. The Balaban J connectivity index is 2.41. The molecule has 0 bridgehead atoms. The van der Waals surface area contributed by atoms with Crippen LogP contribution in [-0.4, -0.2) is 13.2 Å². The van der Waals surface area contributed by atoms with E-state index < -0.39 is 7.60 Å². The Morgan fingerprint density at radius 1 is 0.731 bits per heavy atom. The van der Waals surface area contributed by atoms with Crippen LogP contribution in [-0.2, 0) is 13.6 Å². The fraction of sp³-hybridized carbons (Fsp3) is 0.727. The van der Waals surface area contributed by atoms with Gasteiger partial charge in [-0.15, -0.1) is 0 Å². The fourth-order valence-corrected chi connectivity index (χ4v) is 4.48. The van der Waals surface area contributed by atoms with Crippen LogP contribution in [0.1, 0.15) is 79.1 Å². The van der Waals surface area contributed by atoms with E-state index in [4.69, 9.17) is 9.05 Å². The van der Waals surface area contributed by atoms with Crippen LogP contribution < -0.4 is 5.30 Å². The number of hydrogen-bond donors (Lipinski definition) is 0. The number of benzene rings is 1. The summed E-state index contributed by atoms with van der Waals surface area (Å²) in [4.78, 5) is 0. The average Bonchev–Trinajstić information content (AvgIpc) is 2.61. The molecule has 150 valence electrons. The van der Waals surface area contributed by atoms with Crippen molar-refractivity contribution < 1.29 is 13.6 Å². The Morgan fingerprint density at radius 3 is 1.62 bits per heavy atom. The summed E-state index contributed by atoms with van der Waals surface area (Å²) >= 11 is 0. The van der Waals surface area contributed by atoms with Gasteiger partial charge in [0.05, 0.1) is 18.5 Å². The van der Waals surface area contributed by atoms with E-state index in [1.54, 1.807) is 0 Å². The summed E-state index contributed by atoms with van der Waals surface area (Å²) in [6.45, 7) is 9.98. The topological polar surface area (TPSA) is 35.5 Å². The first-order valence-electron chi connectivity index (χ1n) is 10.4. The van der Waals surface area contributed by atoms with Crippen LogP contribution in [0.15, 0.2) is 30.3 Å². The van der Waals surface area contributed by atoms with Crippen LogP contribution in [0.5, 0.6) is 0 Å². The molecule has 4 heteroatoms. The molecule has 0 aliphatic carbocycles.